The van der Waals surface area contributed by atoms with Crippen LogP contribution >= 0.6 is 0 Å². The fraction of sp³-hybridized carbons (Fsp3) is 0.571. The first-order valence-corrected chi connectivity index (χ1v) is 6.40. The Morgan fingerprint density at radius 1 is 0.765 bits per heavy atom. The number of aliphatic hydroxyl groups is 2. The van der Waals surface area contributed by atoms with E-state index in [1.54, 1.807) is 0 Å². The first-order valence-electron chi connectivity index (χ1n) is 6.40. The van der Waals surface area contributed by atoms with Crippen LogP contribution in [-0.2, 0) is 0 Å². The molecule has 3 nitrogen and oxygen atoms in total. The number of unbranched alkanes of at least 4 members (excludes halogenated alkanes) is 2. The quantitative estimate of drug-likeness (QED) is 0.646. The lowest BCUT2D eigenvalue weighted by atomic mass is 10.2. The molecule has 3 heteroatoms. The summed E-state index contributed by atoms with van der Waals surface area (Å²) in [4.78, 5) is 2.32. The van der Waals surface area contributed by atoms with Gasteiger partial charge in [0.15, 0.2) is 0 Å². The normalized spacial score (nSPS) is 10.5. The van der Waals surface area contributed by atoms with Gasteiger partial charge in [0.05, 0.1) is 0 Å². The van der Waals surface area contributed by atoms with E-state index in [1.807, 2.05) is 18.2 Å². The molecule has 0 aliphatic heterocycles. The maximum atomic E-state index is 8.81. The molecule has 1 aromatic carbocycles. The van der Waals surface area contributed by atoms with Gasteiger partial charge in [0, 0.05) is 32.0 Å². The van der Waals surface area contributed by atoms with Crippen LogP contribution in [0.4, 0.5) is 5.69 Å². The van der Waals surface area contributed by atoms with Gasteiger partial charge in [-0.15, -0.1) is 0 Å². The van der Waals surface area contributed by atoms with E-state index >= 15 is 0 Å². The molecule has 0 saturated carbocycles. The fourth-order valence-electron chi connectivity index (χ4n) is 1.84. The van der Waals surface area contributed by atoms with E-state index in [2.05, 4.69) is 17.0 Å². The number of nitrogens with zero attached hydrogens (tertiary/aromatic N) is 1. The Hall–Kier alpha value is -1.06. The fourth-order valence-corrected chi connectivity index (χ4v) is 1.84. The predicted octanol–water partition coefficient (Wildman–Crippen LogP) is 2.04. The number of aliphatic hydroxyl groups excluding tert-OH is 2. The van der Waals surface area contributed by atoms with Gasteiger partial charge >= 0.3 is 0 Å². The molecular formula is C14H23NO2. The average Bonchev–Trinajstić information content (AvgIpc) is 2.38. The van der Waals surface area contributed by atoms with Gasteiger partial charge in [-0.25, -0.2) is 0 Å². The molecule has 0 atom stereocenters. The van der Waals surface area contributed by atoms with E-state index in [-0.39, 0.29) is 13.2 Å². The number of anilines is 1. The molecule has 0 heterocycles. The maximum Gasteiger partial charge on any atom is 0.0431 e. The average molecular weight is 237 g/mol. The molecule has 0 aromatic heterocycles. The molecule has 1 aromatic rings. The lowest BCUT2D eigenvalue weighted by molar-refractivity contribution is 0.282. The third-order valence-corrected chi connectivity index (χ3v) is 2.79. The molecule has 0 radical (unpaired) electrons. The molecule has 0 aliphatic rings. The SMILES string of the molecule is OCCCCN(CCCCO)c1ccccc1. The van der Waals surface area contributed by atoms with Crippen LogP contribution in [0.15, 0.2) is 30.3 Å². The Labute approximate surface area is 104 Å². The molecule has 0 bridgehead atoms. The number of benzene rings is 1. The van der Waals surface area contributed by atoms with Crippen LogP contribution in [-0.4, -0.2) is 36.5 Å². The zero-order chi connectivity index (χ0) is 12.3. The summed E-state index contributed by atoms with van der Waals surface area (Å²) in [6.07, 6.45) is 3.71. The monoisotopic (exact) mass is 237 g/mol. The third kappa shape index (κ3) is 5.71. The van der Waals surface area contributed by atoms with E-state index in [1.165, 1.54) is 5.69 Å². The van der Waals surface area contributed by atoms with Gasteiger partial charge in [0.2, 0.25) is 0 Å². The Morgan fingerprint density at radius 3 is 1.76 bits per heavy atom. The van der Waals surface area contributed by atoms with E-state index in [0.29, 0.717) is 0 Å². The highest BCUT2D eigenvalue weighted by Crippen LogP contribution is 2.14. The number of rotatable bonds is 9. The molecule has 1 rings (SSSR count). The van der Waals surface area contributed by atoms with Gasteiger partial charge in [-0.3, -0.25) is 0 Å². The van der Waals surface area contributed by atoms with Gasteiger partial charge in [0.1, 0.15) is 0 Å². The number of para-hydroxylation sites is 1. The summed E-state index contributed by atoms with van der Waals surface area (Å²) in [7, 11) is 0. The van der Waals surface area contributed by atoms with Crippen molar-refractivity contribution in [2.75, 3.05) is 31.2 Å². The summed E-state index contributed by atoms with van der Waals surface area (Å²) in [5.41, 5.74) is 1.23. The van der Waals surface area contributed by atoms with Crippen molar-refractivity contribution in [2.24, 2.45) is 0 Å². The second-order valence-corrected chi connectivity index (χ2v) is 4.18. The first kappa shape index (κ1) is 14.0. The maximum absolute atomic E-state index is 8.81. The van der Waals surface area contributed by atoms with Crippen LogP contribution in [0.25, 0.3) is 0 Å². The van der Waals surface area contributed by atoms with Gasteiger partial charge in [-0.1, -0.05) is 18.2 Å². The number of hydrogen-bond acceptors (Lipinski definition) is 3. The molecule has 2 N–H and O–H groups in total. The Bertz CT molecular complexity index is 267. The minimum Gasteiger partial charge on any atom is -0.396 e. The van der Waals surface area contributed by atoms with Crippen LogP contribution in [0, 0.1) is 0 Å². The van der Waals surface area contributed by atoms with E-state index in [4.69, 9.17) is 10.2 Å². The molecule has 0 fully saturated rings. The summed E-state index contributed by atoms with van der Waals surface area (Å²) >= 11 is 0. The molecule has 0 aliphatic carbocycles. The van der Waals surface area contributed by atoms with E-state index < -0.39 is 0 Å². The largest absolute Gasteiger partial charge is 0.396 e. The van der Waals surface area contributed by atoms with Crippen LogP contribution in [0.1, 0.15) is 25.7 Å². The highest BCUT2D eigenvalue weighted by molar-refractivity contribution is 5.45. The van der Waals surface area contributed by atoms with Crippen molar-refractivity contribution < 1.29 is 10.2 Å². The molecule has 96 valence electrons. The standard InChI is InChI=1S/C14H23NO2/c16-12-6-4-10-15(11-5-7-13-17)14-8-2-1-3-9-14/h1-3,8-9,16-17H,4-7,10-13H2. The summed E-state index contributed by atoms with van der Waals surface area (Å²) < 4.78 is 0. The first-order chi connectivity index (χ1) is 8.38. The zero-order valence-corrected chi connectivity index (χ0v) is 10.4. The molecule has 0 spiro atoms. The van der Waals surface area contributed by atoms with Gasteiger partial charge in [-0.2, -0.15) is 0 Å². The van der Waals surface area contributed by atoms with Crippen molar-refractivity contribution in [1.29, 1.82) is 0 Å². The Morgan fingerprint density at radius 2 is 1.29 bits per heavy atom. The predicted molar refractivity (Wildman–Crippen MR) is 71.3 cm³/mol. The van der Waals surface area contributed by atoms with Gasteiger partial charge in [0.25, 0.3) is 0 Å². The molecule has 17 heavy (non-hydrogen) atoms. The zero-order valence-electron chi connectivity index (χ0n) is 10.4. The Balaban J connectivity index is 2.46. The lowest BCUT2D eigenvalue weighted by Crippen LogP contribution is -2.26. The van der Waals surface area contributed by atoms with Crippen molar-refractivity contribution in [2.45, 2.75) is 25.7 Å². The van der Waals surface area contributed by atoms with Crippen molar-refractivity contribution in [1.82, 2.24) is 0 Å². The smallest absolute Gasteiger partial charge is 0.0431 e. The summed E-state index contributed by atoms with van der Waals surface area (Å²) in [5.74, 6) is 0. The van der Waals surface area contributed by atoms with Crippen LogP contribution in [0.5, 0.6) is 0 Å². The lowest BCUT2D eigenvalue weighted by Gasteiger charge is -2.24. The minimum atomic E-state index is 0.263. The summed E-state index contributed by atoms with van der Waals surface area (Å²) in [6, 6.07) is 10.3. The van der Waals surface area contributed by atoms with Crippen molar-refractivity contribution in [3.05, 3.63) is 30.3 Å². The topological polar surface area (TPSA) is 43.7 Å². The van der Waals surface area contributed by atoms with Crippen LogP contribution in [0.3, 0.4) is 0 Å². The van der Waals surface area contributed by atoms with Gasteiger partial charge in [-0.05, 0) is 37.8 Å². The van der Waals surface area contributed by atoms with Crippen molar-refractivity contribution in [3.63, 3.8) is 0 Å². The summed E-state index contributed by atoms with van der Waals surface area (Å²) in [6.45, 7) is 2.46. The second kappa shape index (κ2) is 9.02. The molecule has 0 unspecified atom stereocenters. The van der Waals surface area contributed by atoms with Crippen molar-refractivity contribution in [3.8, 4) is 0 Å². The van der Waals surface area contributed by atoms with E-state index in [0.717, 1.165) is 38.8 Å². The minimum absolute atomic E-state index is 0.263. The van der Waals surface area contributed by atoms with Crippen molar-refractivity contribution >= 4 is 5.69 Å². The number of hydrogen-bond donors (Lipinski definition) is 2. The second-order valence-electron chi connectivity index (χ2n) is 4.18. The highest BCUT2D eigenvalue weighted by atomic mass is 16.3. The third-order valence-electron chi connectivity index (χ3n) is 2.79. The summed E-state index contributed by atoms with van der Waals surface area (Å²) in [5, 5.41) is 17.6. The molecule has 0 saturated heterocycles. The Kier molecular flexibility index (Phi) is 7.43. The van der Waals surface area contributed by atoms with Crippen LogP contribution in [0.2, 0.25) is 0 Å². The highest BCUT2D eigenvalue weighted by Gasteiger charge is 2.04. The molecular weight excluding hydrogens is 214 g/mol. The molecule has 0 amide bonds. The van der Waals surface area contributed by atoms with Gasteiger partial charge < -0.3 is 15.1 Å². The van der Waals surface area contributed by atoms with Crippen LogP contribution < -0.4 is 4.90 Å². The van der Waals surface area contributed by atoms with E-state index in [9.17, 15) is 0 Å².